The van der Waals surface area contributed by atoms with Gasteiger partial charge in [0, 0.05) is 56.4 Å². The van der Waals surface area contributed by atoms with E-state index in [0.29, 0.717) is 36.0 Å². The Labute approximate surface area is 355 Å². The van der Waals surface area contributed by atoms with E-state index in [4.69, 9.17) is 18.9 Å². The SMILES string of the molecule is COc1c(N2CCN(C(=O)OCOC(=O)C3CCCN3C(=O)CCCOC(=O)C(C)c3ccc(-c4ccccc4)c(F)c3)C(C)C2)c(F)cc2c(=O)c(C(=O)O)cn(C3CC3)c12. The molecule has 1 aliphatic carbocycles. The lowest BCUT2D eigenvalue weighted by Crippen LogP contribution is -2.54. The van der Waals surface area contributed by atoms with Gasteiger partial charge in [0.05, 0.1) is 30.5 Å². The van der Waals surface area contributed by atoms with Crippen molar-refractivity contribution in [1.82, 2.24) is 14.4 Å². The van der Waals surface area contributed by atoms with Crippen molar-refractivity contribution in [3.8, 4) is 16.9 Å². The smallest absolute Gasteiger partial charge is 0.413 e. The van der Waals surface area contributed by atoms with Gasteiger partial charge >= 0.3 is 24.0 Å². The number of hydrogen-bond donors (Lipinski definition) is 1. The molecular formula is C45H48F2N4O11. The second-order valence-corrected chi connectivity index (χ2v) is 15.8. The average Bonchev–Trinajstić information content (AvgIpc) is 3.99. The zero-order valence-corrected chi connectivity index (χ0v) is 34.6. The van der Waals surface area contributed by atoms with E-state index in [9.17, 15) is 38.3 Å². The number of rotatable bonds is 14. The Morgan fingerprint density at radius 1 is 0.903 bits per heavy atom. The van der Waals surface area contributed by atoms with E-state index < -0.39 is 71.4 Å². The second-order valence-electron chi connectivity index (χ2n) is 15.8. The van der Waals surface area contributed by atoms with E-state index in [2.05, 4.69) is 0 Å². The van der Waals surface area contributed by atoms with Gasteiger partial charge in [-0.3, -0.25) is 14.4 Å². The zero-order chi connectivity index (χ0) is 44.2. The minimum absolute atomic E-state index is 0.00548. The number of esters is 2. The highest BCUT2D eigenvalue weighted by atomic mass is 19.1. The van der Waals surface area contributed by atoms with Crippen LogP contribution < -0.4 is 15.1 Å². The Balaban J connectivity index is 0.870. The number of nitrogens with zero attached hydrogens (tertiary/aromatic N) is 4. The molecule has 15 nitrogen and oxygen atoms in total. The fourth-order valence-electron chi connectivity index (χ4n) is 8.24. The number of hydrogen-bond acceptors (Lipinski definition) is 11. The summed E-state index contributed by atoms with van der Waals surface area (Å²) in [5.41, 5.74) is 0.710. The summed E-state index contributed by atoms with van der Waals surface area (Å²) in [4.78, 5) is 81.5. The fourth-order valence-corrected chi connectivity index (χ4v) is 8.24. The molecule has 7 rings (SSSR count). The van der Waals surface area contributed by atoms with Crippen molar-refractivity contribution in [3.63, 3.8) is 0 Å². The van der Waals surface area contributed by atoms with Crippen LogP contribution in [0.4, 0.5) is 19.3 Å². The summed E-state index contributed by atoms with van der Waals surface area (Å²) in [5, 5.41) is 9.53. The van der Waals surface area contributed by atoms with Crippen LogP contribution in [-0.2, 0) is 28.6 Å². The summed E-state index contributed by atoms with van der Waals surface area (Å²) >= 11 is 0. The van der Waals surface area contributed by atoms with Gasteiger partial charge in [-0.05, 0) is 69.2 Å². The maximum atomic E-state index is 15.9. The largest absolute Gasteiger partial charge is 0.492 e. The molecule has 3 fully saturated rings. The van der Waals surface area contributed by atoms with Crippen LogP contribution in [0.25, 0.3) is 22.0 Å². The number of methoxy groups -OCH3 is 1. The third-order valence-corrected chi connectivity index (χ3v) is 11.7. The first-order valence-electron chi connectivity index (χ1n) is 20.6. The van der Waals surface area contributed by atoms with E-state index in [1.165, 1.54) is 29.2 Å². The Hall–Kier alpha value is -6.52. The molecule has 3 aromatic carbocycles. The summed E-state index contributed by atoms with van der Waals surface area (Å²) in [6.07, 6.45) is 3.16. The molecule has 1 saturated carbocycles. The van der Waals surface area contributed by atoms with Gasteiger partial charge in [-0.15, -0.1) is 0 Å². The van der Waals surface area contributed by atoms with Crippen LogP contribution in [0.3, 0.4) is 0 Å². The van der Waals surface area contributed by atoms with Crippen LogP contribution in [-0.4, -0.2) is 108 Å². The zero-order valence-electron chi connectivity index (χ0n) is 34.6. The number of halogens is 2. The predicted molar refractivity (Wildman–Crippen MR) is 221 cm³/mol. The standard InChI is InChI=1S/C45H48F2N4O11/c1-26-23-48(39-35(47)22-32-38(41(39)59-3)51(30-14-15-30)24-33(40(32)53)42(54)55)18-19-49(26)45(58)62-25-61-44(57)36-11-7-17-50(36)37(52)12-8-20-60-43(56)27(2)29-13-16-31(34(46)21-29)28-9-5-4-6-10-28/h4-6,9-10,13,16,21-22,24,26-27,30,36H,7-8,11-12,14-15,17-20,23,25H2,1-3H3,(H,54,55). The van der Waals surface area contributed by atoms with Crippen LogP contribution in [0.15, 0.2) is 65.6 Å². The Morgan fingerprint density at radius 2 is 1.66 bits per heavy atom. The summed E-state index contributed by atoms with van der Waals surface area (Å²) in [6.45, 7) is 3.34. The van der Waals surface area contributed by atoms with Gasteiger partial charge in [-0.25, -0.2) is 23.2 Å². The number of fused-ring (bicyclic) bond motifs is 1. The highest BCUT2D eigenvalue weighted by molar-refractivity contribution is 5.97. The molecule has 3 aliphatic rings. The van der Waals surface area contributed by atoms with Gasteiger partial charge in [-0.2, -0.15) is 0 Å². The highest BCUT2D eigenvalue weighted by Crippen LogP contribution is 2.44. The van der Waals surface area contributed by atoms with Crippen LogP contribution in [0.5, 0.6) is 5.75 Å². The monoisotopic (exact) mass is 858 g/mol. The summed E-state index contributed by atoms with van der Waals surface area (Å²) in [7, 11) is 1.35. The van der Waals surface area contributed by atoms with Gasteiger partial charge in [0.2, 0.25) is 18.1 Å². The number of likely N-dealkylation sites (tertiary alicyclic amines) is 1. The van der Waals surface area contributed by atoms with Crippen molar-refractivity contribution in [2.24, 2.45) is 0 Å². The number of aromatic nitrogens is 1. The lowest BCUT2D eigenvalue weighted by atomic mass is 9.97. The van der Waals surface area contributed by atoms with E-state index in [-0.39, 0.29) is 67.9 Å². The van der Waals surface area contributed by atoms with Crippen molar-refractivity contribution < 1.29 is 56.8 Å². The third kappa shape index (κ3) is 9.06. The van der Waals surface area contributed by atoms with Crippen molar-refractivity contribution in [1.29, 1.82) is 0 Å². The number of ether oxygens (including phenoxy) is 4. The van der Waals surface area contributed by atoms with Crippen molar-refractivity contribution >= 4 is 46.5 Å². The number of aromatic carboxylic acids is 1. The first-order chi connectivity index (χ1) is 29.8. The molecule has 62 heavy (non-hydrogen) atoms. The Kier molecular flexibility index (Phi) is 13.1. The molecule has 17 heteroatoms. The molecule has 0 bridgehead atoms. The van der Waals surface area contributed by atoms with Crippen molar-refractivity contribution in [3.05, 3.63) is 93.8 Å². The predicted octanol–water partition coefficient (Wildman–Crippen LogP) is 6.25. The summed E-state index contributed by atoms with van der Waals surface area (Å²) in [5.74, 6) is -4.90. The number of piperazine rings is 1. The number of benzene rings is 3. The summed E-state index contributed by atoms with van der Waals surface area (Å²) < 4.78 is 54.1. The molecule has 3 unspecified atom stereocenters. The van der Waals surface area contributed by atoms with Gasteiger partial charge in [-0.1, -0.05) is 42.5 Å². The molecule has 0 spiro atoms. The average molecular weight is 859 g/mol. The Morgan fingerprint density at radius 3 is 2.34 bits per heavy atom. The molecule has 2 saturated heterocycles. The number of carbonyl (C=O) groups is 5. The van der Waals surface area contributed by atoms with Crippen LogP contribution in [0.1, 0.15) is 80.3 Å². The van der Waals surface area contributed by atoms with Crippen molar-refractivity contribution in [2.75, 3.05) is 51.6 Å². The lowest BCUT2D eigenvalue weighted by Gasteiger charge is -2.40. The number of carboxylic acid groups (broad SMARTS) is 1. The summed E-state index contributed by atoms with van der Waals surface area (Å²) in [6, 6.07) is 13.3. The van der Waals surface area contributed by atoms with Crippen LogP contribution in [0.2, 0.25) is 0 Å². The topological polar surface area (TPSA) is 174 Å². The molecular weight excluding hydrogens is 811 g/mol. The molecule has 1 N–H and O–H groups in total. The molecule has 2 aliphatic heterocycles. The molecule has 3 atom stereocenters. The molecule has 2 amide bonds. The fraction of sp³-hybridized carbons (Fsp3) is 0.422. The van der Waals surface area contributed by atoms with E-state index in [1.54, 1.807) is 47.6 Å². The lowest BCUT2D eigenvalue weighted by molar-refractivity contribution is -0.161. The van der Waals surface area contributed by atoms with Crippen molar-refractivity contribution in [2.45, 2.75) is 76.4 Å². The van der Waals surface area contributed by atoms with E-state index in [1.807, 2.05) is 18.2 Å². The van der Waals surface area contributed by atoms with E-state index in [0.717, 1.165) is 24.5 Å². The normalized spacial score (nSPS) is 18.0. The minimum atomic E-state index is -1.41. The molecule has 4 aromatic rings. The van der Waals surface area contributed by atoms with Gasteiger partial charge in [0.1, 0.15) is 23.1 Å². The van der Waals surface area contributed by atoms with Crippen LogP contribution >= 0.6 is 0 Å². The highest BCUT2D eigenvalue weighted by Gasteiger charge is 2.37. The molecule has 3 heterocycles. The third-order valence-electron chi connectivity index (χ3n) is 11.7. The maximum Gasteiger partial charge on any atom is 0.413 e. The number of pyridine rings is 1. The van der Waals surface area contributed by atoms with Crippen LogP contribution in [0, 0.1) is 11.6 Å². The second kappa shape index (κ2) is 18.6. The maximum absolute atomic E-state index is 15.9. The number of anilines is 1. The molecule has 1 aromatic heterocycles. The minimum Gasteiger partial charge on any atom is -0.492 e. The van der Waals surface area contributed by atoms with Gasteiger partial charge in [0.15, 0.2) is 11.6 Å². The molecule has 0 radical (unpaired) electrons. The van der Waals surface area contributed by atoms with Gasteiger partial charge < -0.3 is 43.3 Å². The van der Waals surface area contributed by atoms with E-state index >= 15 is 4.39 Å². The number of carbonyl (C=O) groups excluding carboxylic acids is 4. The first-order valence-corrected chi connectivity index (χ1v) is 20.6. The quantitative estimate of drug-likeness (QED) is 0.0859. The molecule has 328 valence electrons. The Bertz CT molecular complexity index is 2440. The number of carboxylic acids is 1. The number of amides is 2. The van der Waals surface area contributed by atoms with Gasteiger partial charge in [0.25, 0.3) is 0 Å². The first kappa shape index (κ1) is 43.6.